The Morgan fingerprint density at radius 3 is 2.53 bits per heavy atom. The molecule has 4 rings (SSSR count). The zero-order valence-electron chi connectivity index (χ0n) is 19.1. The first-order chi connectivity index (χ1) is 15.6. The molecule has 168 valence electrons. The summed E-state index contributed by atoms with van der Waals surface area (Å²) in [6.45, 7) is 8.19. The Balaban J connectivity index is 1.56. The van der Waals surface area contributed by atoms with E-state index in [2.05, 4.69) is 71.5 Å². The fourth-order valence-corrected chi connectivity index (χ4v) is 4.85. The van der Waals surface area contributed by atoms with Crippen LogP contribution in [0.5, 0.6) is 0 Å². The molecule has 1 aliphatic heterocycles. The molecule has 5 heteroatoms. The van der Waals surface area contributed by atoms with Gasteiger partial charge in [0.05, 0.1) is 16.4 Å². The fourth-order valence-electron chi connectivity index (χ4n) is 4.63. The molecule has 1 saturated heterocycles. The Hall–Kier alpha value is -2.27. The van der Waals surface area contributed by atoms with Crippen LogP contribution in [0.1, 0.15) is 53.8 Å². The minimum atomic E-state index is 0.451. The predicted molar refractivity (Wildman–Crippen MR) is 132 cm³/mol. The average Bonchev–Trinajstić information content (AvgIpc) is 2.82. The molecule has 0 aliphatic carbocycles. The van der Waals surface area contributed by atoms with Crippen molar-refractivity contribution in [2.45, 2.75) is 58.2 Å². The predicted octanol–water partition coefficient (Wildman–Crippen LogP) is 5.54. The van der Waals surface area contributed by atoms with Crippen molar-refractivity contribution in [3.05, 3.63) is 94.0 Å². The standard InChI is InChI=1S/C27H33ClN4/c1-20(22-7-4-3-5-8-22)15-23-9-6-12-30-27(23)19-32(25-10-13-29-14-11-25)18-26-21(2)16-24(28)17-31-26/h3-9,12,16-17,20,25,29H,10-11,13-15,18-19H2,1-2H3. The molecule has 32 heavy (non-hydrogen) atoms. The first-order valence-corrected chi connectivity index (χ1v) is 12.0. The Labute approximate surface area is 197 Å². The highest BCUT2D eigenvalue weighted by Gasteiger charge is 2.24. The maximum absolute atomic E-state index is 6.16. The number of aryl methyl sites for hydroxylation is 1. The molecule has 3 aromatic rings. The third kappa shape index (κ3) is 5.94. The second-order valence-corrected chi connectivity index (χ2v) is 9.36. The largest absolute Gasteiger partial charge is 0.317 e. The number of aromatic nitrogens is 2. The molecule has 1 aromatic carbocycles. The molecule has 0 radical (unpaired) electrons. The monoisotopic (exact) mass is 448 g/mol. The number of nitrogens with zero attached hydrogens (tertiary/aromatic N) is 3. The van der Waals surface area contributed by atoms with Crippen LogP contribution in [-0.4, -0.2) is 34.0 Å². The van der Waals surface area contributed by atoms with Crippen molar-refractivity contribution in [3.63, 3.8) is 0 Å². The molecule has 3 heterocycles. The Morgan fingerprint density at radius 2 is 1.78 bits per heavy atom. The van der Waals surface area contributed by atoms with Gasteiger partial charge in [0.1, 0.15) is 0 Å². The van der Waals surface area contributed by atoms with Crippen LogP contribution in [-0.2, 0) is 19.5 Å². The minimum absolute atomic E-state index is 0.451. The average molecular weight is 449 g/mol. The molecule has 1 fully saturated rings. The SMILES string of the molecule is Cc1cc(Cl)cnc1CN(Cc1ncccc1CC(C)c1ccccc1)C1CCNCC1. The first kappa shape index (κ1) is 22.9. The van der Waals surface area contributed by atoms with Gasteiger partial charge >= 0.3 is 0 Å². The van der Waals surface area contributed by atoms with Crippen LogP contribution in [0.3, 0.4) is 0 Å². The van der Waals surface area contributed by atoms with Gasteiger partial charge in [-0.2, -0.15) is 0 Å². The zero-order chi connectivity index (χ0) is 22.3. The van der Waals surface area contributed by atoms with Gasteiger partial charge in [-0.1, -0.05) is 54.9 Å². The van der Waals surface area contributed by atoms with Gasteiger partial charge in [0, 0.05) is 31.5 Å². The molecule has 0 amide bonds. The van der Waals surface area contributed by atoms with Gasteiger partial charge in [-0.05, 0) is 74.0 Å². The van der Waals surface area contributed by atoms with Crippen LogP contribution >= 0.6 is 11.6 Å². The number of piperidine rings is 1. The van der Waals surface area contributed by atoms with Gasteiger partial charge in [0.2, 0.25) is 0 Å². The van der Waals surface area contributed by atoms with Crippen LogP contribution in [0.2, 0.25) is 5.02 Å². The number of benzene rings is 1. The van der Waals surface area contributed by atoms with Crippen LogP contribution < -0.4 is 5.32 Å². The van der Waals surface area contributed by atoms with Crippen molar-refractivity contribution in [2.75, 3.05) is 13.1 Å². The lowest BCUT2D eigenvalue weighted by atomic mass is 9.92. The molecular weight excluding hydrogens is 416 g/mol. The topological polar surface area (TPSA) is 41.1 Å². The van der Waals surface area contributed by atoms with Crippen molar-refractivity contribution in [2.24, 2.45) is 0 Å². The van der Waals surface area contributed by atoms with Crippen molar-refractivity contribution < 1.29 is 0 Å². The molecule has 1 unspecified atom stereocenters. The van der Waals surface area contributed by atoms with Gasteiger partial charge in [0.25, 0.3) is 0 Å². The van der Waals surface area contributed by atoms with Gasteiger partial charge in [-0.15, -0.1) is 0 Å². The molecule has 1 atom stereocenters. The summed E-state index contributed by atoms with van der Waals surface area (Å²) >= 11 is 6.16. The normalized spacial score (nSPS) is 15.8. The van der Waals surface area contributed by atoms with Crippen molar-refractivity contribution >= 4 is 11.6 Å². The molecular formula is C27H33ClN4. The van der Waals surface area contributed by atoms with Gasteiger partial charge in [-0.25, -0.2) is 0 Å². The summed E-state index contributed by atoms with van der Waals surface area (Å²) in [5.41, 5.74) is 6.14. The number of pyridine rings is 2. The lowest BCUT2D eigenvalue weighted by Gasteiger charge is -2.35. The number of rotatable bonds is 8. The number of hydrogen-bond acceptors (Lipinski definition) is 4. The van der Waals surface area contributed by atoms with E-state index in [4.69, 9.17) is 16.6 Å². The first-order valence-electron chi connectivity index (χ1n) is 11.6. The number of hydrogen-bond donors (Lipinski definition) is 1. The van der Waals surface area contributed by atoms with Crippen LogP contribution in [0.15, 0.2) is 60.9 Å². The summed E-state index contributed by atoms with van der Waals surface area (Å²) in [5.74, 6) is 0.451. The van der Waals surface area contributed by atoms with Crippen LogP contribution in [0.25, 0.3) is 0 Å². The van der Waals surface area contributed by atoms with Crippen molar-refractivity contribution in [3.8, 4) is 0 Å². The van der Waals surface area contributed by atoms with E-state index in [1.165, 1.54) is 16.8 Å². The summed E-state index contributed by atoms with van der Waals surface area (Å²) in [6.07, 6.45) is 6.98. The van der Waals surface area contributed by atoms with Gasteiger partial charge < -0.3 is 5.32 Å². The molecule has 2 aromatic heterocycles. The minimum Gasteiger partial charge on any atom is -0.317 e. The second-order valence-electron chi connectivity index (χ2n) is 8.93. The molecule has 0 bridgehead atoms. The summed E-state index contributed by atoms with van der Waals surface area (Å²) in [6, 6.07) is 17.6. The molecule has 0 saturated carbocycles. The summed E-state index contributed by atoms with van der Waals surface area (Å²) in [5, 5.41) is 4.19. The number of halogens is 1. The van der Waals surface area contributed by atoms with E-state index in [1.54, 1.807) is 6.20 Å². The Morgan fingerprint density at radius 1 is 1.03 bits per heavy atom. The fraction of sp³-hybridized carbons (Fsp3) is 0.407. The van der Waals surface area contributed by atoms with E-state index in [9.17, 15) is 0 Å². The highest BCUT2D eigenvalue weighted by Crippen LogP contribution is 2.25. The van der Waals surface area contributed by atoms with E-state index >= 15 is 0 Å². The molecule has 1 aliphatic rings. The lowest BCUT2D eigenvalue weighted by Crippen LogP contribution is -2.43. The number of nitrogens with one attached hydrogen (secondary N) is 1. The van der Waals surface area contributed by atoms with Crippen molar-refractivity contribution in [1.29, 1.82) is 0 Å². The third-order valence-corrected chi connectivity index (χ3v) is 6.77. The molecule has 0 spiro atoms. The quantitative estimate of drug-likeness (QED) is 0.491. The zero-order valence-corrected chi connectivity index (χ0v) is 19.9. The maximum Gasteiger partial charge on any atom is 0.0592 e. The molecule has 1 N–H and O–H groups in total. The Bertz CT molecular complexity index is 1000. The lowest BCUT2D eigenvalue weighted by molar-refractivity contribution is 0.141. The highest BCUT2D eigenvalue weighted by molar-refractivity contribution is 6.30. The third-order valence-electron chi connectivity index (χ3n) is 6.56. The van der Waals surface area contributed by atoms with Crippen LogP contribution in [0.4, 0.5) is 0 Å². The van der Waals surface area contributed by atoms with E-state index in [0.717, 1.165) is 56.7 Å². The highest BCUT2D eigenvalue weighted by atomic mass is 35.5. The van der Waals surface area contributed by atoms with Gasteiger partial charge in [0.15, 0.2) is 0 Å². The second kappa shape index (κ2) is 11.0. The van der Waals surface area contributed by atoms with Gasteiger partial charge in [-0.3, -0.25) is 14.9 Å². The smallest absolute Gasteiger partial charge is 0.0592 e. The summed E-state index contributed by atoms with van der Waals surface area (Å²) < 4.78 is 0. The van der Waals surface area contributed by atoms with E-state index in [-0.39, 0.29) is 0 Å². The molecule has 4 nitrogen and oxygen atoms in total. The maximum atomic E-state index is 6.16. The van der Waals surface area contributed by atoms with E-state index in [1.807, 2.05) is 12.3 Å². The summed E-state index contributed by atoms with van der Waals surface area (Å²) in [4.78, 5) is 12.1. The Kier molecular flexibility index (Phi) is 7.90. The van der Waals surface area contributed by atoms with E-state index < -0.39 is 0 Å². The van der Waals surface area contributed by atoms with Crippen molar-refractivity contribution in [1.82, 2.24) is 20.2 Å². The summed E-state index contributed by atoms with van der Waals surface area (Å²) in [7, 11) is 0. The van der Waals surface area contributed by atoms with Crippen LogP contribution in [0, 0.1) is 6.92 Å². The van der Waals surface area contributed by atoms with E-state index in [0.29, 0.717) is 17.0 Å².